The minimum atomic E-state index is 0.00225. The van der Waals surface area contributed by atoms with Crippen LogP contribution in [0.25, 0.3) is 0 Å². The number of nitrogens with one attached hydrogen (secondary N) is 1. The Morgan fingerprint density at radius 1 is 1.35 bits per heavy atom. The summed E-state index contributed by atoms with van der Waals surface area (Å²) in [6.45, 7) is 0.706. The van der Waals surface area contributed by atoms with Crippen molar-refractivity contribution in [3.05, 3.63) is 17.7 Å². The zero-order chi connectivity index (χ0) is 12.1. The fourth-order valence-corrected chi connectivity index (χ4v) is 1.69. The topological polar surface area (TPSA) is 71.5 Å². The van der Waals surface area contributed by atoms with E-state index in [0.29, 0.717) is 24.7 Å². The highest BCUT2D eigenvalue weighted by molar-refractivity contribution is 5.92. The molecule has 1 aromatic rings. The van der Waals surface area contributed by atoms with Crippen LogP contribution in [0, 0.1) is 0 Å². The second-order valence-electron chi connectivity index (χ2n) is 3.98. The van der Waals surface area contributed by atoms with Gasteiger partial charge in [-0.3, -0.25) is 4.79 Å². The minimum Gasteiger partial charge on any atom is -0.478 e. The lowest BCUT2D eigenvalue weighted by molar-refractivity contribution is -0.116. The molecule has 1 aliphatic rings. The van der Waals surface area contributed by atoms with Crippen LogP contribution in [0.5, 0.6) is 5.88 Å². The fourth-order valence-electron chi connectivity index (χ4n) is 1.69. The summed E-state index contributed by atoms with van der Waals surface area (Å²) in [6, 6.07) is 3.75. The second-order valence-corrected chi connectivity index (χ2v) is 3.98. The number of anilines is 1. The summed E-state index contributed by atoms with van der Waals surface area (Å²) < 4.78 is 5.44. The molecule has 0 fully saturated rings. The number of rotatable bonds is 5. The number of carbonyl (C=O) groups is 1. The van der Waals surface area contributed by atoms with E-state index in [1.807, 2.05) is 12.1 Å². The SMILES string of the molecule is O=C1CCc2ccc(OCCCCO)nc2N1. The summed E-state index contributed by atoms with van der Waals surface area (Å²) >= 11 is 0. The van der Waals surface area contributed by atoms with Crippen molar-refractivity contribution in [2.24, 2.45) is 0 Å². The smallest absolute Gasteiger partial charge is 0.225 e. The Balaban J connectivity index is 1.95. The maximum Gasteiger partial charge on any atom is 0.225 e. The van der Waals surface area contributed by atoms with Gasteiger partial charge in [-0.2, -0.15) is 4.98 Å². The summed E-state index contributed by atoms with van der Waals surface area (Å²) in [7, 11) is 0. The summed E-state index contributed by atoms with van der Waals surface area (Å²) in [6.07, 6.45) is 2.77. The van der Waals surface area contributed by atoms with E-state index in [-0.39, 0.29) is 12.5 Å². The zero-order valence-corrected chi connectivity index (χ0v) is 9.61. The predicted octanol–water partition coefficient (Wildman–Crippen LogP) is 1.12. The average molecular weight is 236 g/mol. The minimum absolute atomic E-state index is 0.00225. The third-order valence-corrected chi connectivity index (χ3v) is 2.63. The summed E-state index contributed by atoms with van der Waals surface area (Å²) in [5.41, 5.74) is 1.05. The van der Waals surface area contributed by atoms with Crippen LogP contribution < -0.4 is 10.1 Å². The molecule has 0 saturated carbocycles. The highest BCUT2D eigenvalue weighted by Crippen LogP contribution is 2.23. The lowest BCUT2D eigenvalue weighted by atomic mass is 10.1. The predicted molar refractivity (Wildman–Crippen MR) is 63.0 cm³/mol. The van der Waals surface area contributed by atoms with Gasteiger partial charge in [0, 0.05) is 19.1 Å². The largest absolute Gasteiger partial charge is 0.478 e. The first kappa shape index (κ1) is 11.9. The Labute approximate surface area is 99.8 Å². The number of pyridine rings is 1. The zero-order valence-electron chi connectivity index (χ0n) is 9.61. The number of aryl methyl sites for hydroxylation is 1. The monoisotopic (exact) mass is 236 g/mol. The Morgan fingerprint density at radius 3 is 3.06 bits per heavy atom. The van der Waals surface area contributed by atoms with Crippen molar-refractivity contribution in [1.29, 1.82) is 0 Å². The van der Waals surface area contributed by atoms with Gasteiger partial charge in [0.2, 0.25) is 11.8 Å². The number of nitrogens with zero attached hydrogens (tertiary/aromatic N) is 1. The standard InChI is InChI=1S/C12H16N2O3/c15-7-1-2-8-17-11-6-4-9-3-5-10(16)13-12(9)14-11/h4,6,15H,1-3,5,7-8H2,(H,13,14,16). The quantitative estimate of drug-likeness (QED) is 0.751. The third-order valence-electron chi connectivity index (χ3n) is 2.63. The van der Waals surface area contributed by atoms with Gasteiger partial charge in [-0.15, -0.1) is 0 Å². The van der Waals surface area contributed by atoms with Crippen LogP contribution in [-0.2, 0) is 11.2 Å². The Bertz CT molecular complexity index is 407. The first-order valence-corrected chi connectivity index (χ1v) is 5.83. The van der Waals surface area contributed by atoms with Crippen LogP contribution in [-0.4, -0.2) is 29.2 Å². The normalized spacial score (nSPS) is 14.1. The molecule has 1 aromatic heterocycles. The average Bonchev–Trinajstić information content (AvgIpc) is 2.34. The van der Waals surface area contributed by atoms with Gasteiger partial charge in [0.1, 0.15) is 5.82 Å². The van der Waals surface area contributed by atoms with Crippen molar-refractivity contribution < 1.29 is 14.6 Å². The highest BCUT2D eigenvalue weighted by Gasteiger charge is 2.16. The number of hydrogen-bond donors (Lipinski definition) is 2. The van der Waals surface area contributed by atoms with Crippen molar-refractivity contribution in [2.75, 3.05) is 18.5 Å². The Morgan fingerprint density at radius 2 is 2.24 bits per heavy atom. The Kier molecular flexibility index (Phi) is 3.93. The van der Waals surface area contributed by atoms with E-state index < -0.39 is 0 Å². The molecule has 17 heavy (non-hydrogen) atoms. The molecule has 0 aliphatic carbocycles. The number of fused-ring (bicyclic) bond motifs is 1. The number of aliphatic hydroxyl groups excluding tert-OH is 1. The van der Waals surface area contributed by atoms with E-state index in [9.17, 15) is 4.79 Å². The van der Waals surface area contributed by atoms with Gasteiger partial charge < -0.3 is 15.2 Å². The molecule has 2 rings (SSSR count). The van der Waals surface area contributed by atoms with Crippen LogP contribution in [0.15, 0.2) is 12.1 Å². The van der Waals surface area contributed by atoms with Crippen molar-refractivity contribution in [3.8, 4) is 5.88 Å². The van der Waals surface area contributed by atoms with E-state index in [1.54, 1.807) is 0 Å². The Hall–Kier alpha value is -1.62. The molecule has 92 valence electrons. The molecule has 0 aromatic carbocycles. The molecule has 0 atom stereocenters. The van der Waals surface area contributed by atoms with Gasteiger partial charge in [-0.1, -0.05) is 0 Å². The third kappa shape index (κ3) is 3.17. The van der Waals surface area contributed by atoms with Gasteiger partial charge >= 0.3 is 0 Å². The molecule has 2 N–H and O–H groups in total. The van der Waals surface area contributed by atoms with E-state index in [4.69, 9.17) is 9.84 Å². The number of unbranched alkanes of at least 4 members (excludes halogenated alkanes) is 1. The molecule has 0 bridgehead atoms. The van der Waals surface area contributed by atoms with Crippen molar-refractivity contribution >= 4 is 11.7 Å². The fraction of sp³-hybridized carbons (Fsp3) is 0.500. The van der Waals surface area contributed by atoms with E-state index >= 15 is 0 Å². The molecule has 1 amide bonds. The summed E-state index contributed by atoms with van der Waals surface area (Å²) in [4.78, 5) is 15.5. The number of hydrogen-bond acceptors (Lipinski definition) is 4. The second kappa shape index (κ2) is 5.63. The molecule has 0 unspecified atom stereocenters. The van der Waals surface area contributed by atoms with Crippen LogP contribution >= 0.6 is 0 Å². The molecular formula is C12H16N2O3. The maximum atomic E-state index is 11.2. The number of aromatic nitrogens is 1. The highest BCUT2D eigenvalue weighted by atomic mass is 16.5. The van der Waals surface area contributed by atoms with Gasteiger partial charge in [0.15, 0.2) is 0 Å². The number of carbonyl (C=O) groups excluding carboxylic acids is 1. The van der Waals surface area contributed by atoms with E-state index in [2.05, 4.69) is 10.3 Å². The molecular weight excluding hydrogens is 220 g/mol. The van der Waals surface area contributed by atoms with Gasteiger partial charge in [0.05, 0.1) is 6.61 Å². The van der Waals surface area contributed by atoms with Gasteiger partial charge in [-0.05, 0) is 30.9 Å². The lowest BCUT2D eigenvalue weighted by Gasteiger charge is -2.16. The molecule has 1 aliphatic heterocycles. The number of amides is 1. The molecule has 5 heteroatoms. The number of aliphatic hydroxyl groups is 1. The van der Waals surface area contributed by atoms with Gasteiger partial charge in [0.25, 0.3) is 0 Å². The maximum absolute atomic E-state index is 11.2. The van der Waals surface area contributed by atoms with Crippen LogP contribution in [0.1, 0.15) is 24.8 Å². The van der Waals surface area contributed by atoms with Crippen molar-refractivity contribution in [1.82, 2.24) is 4.98 Å². The summed E-state index contributed by atoms with van der Waals surface area (Å²) in [5, 5.41) is 11.4. The van der Waals surface area contributed by atoms with Gasteiger partial charge in [-0.25, -0.2) is 0 Å². The van der Waals surface area contributed by atoms with E-state index in [0.717, 1.165) is 24.8 Å². The van der Waals surface area contributed by atoms with Crippen molar-refractivity contribution in [3.63, 3.8) is 0 Å². The van der Waals surface area contributed by atoms with E-state index in [1.165, 1.54) is 0 Å². The van der Waals surface area contributed by atoms with Crippen LogP contribution in [0.4, 0.5) is 5.82 Å². The first-order chi connectivity index (χ1) is 8.29. The molecule has 0 saturated heterocycles. The molecule has 0 spiro atoms. The molecule has 2 heterocycles. The molecule has 5 nitrogen and oxygen atoms in total. The molecule has 0 radical (unpaired) electrons. The first-order valence-electron chi connectivity index (χ1n) is 5.83. The summed E-state index contributed by atoms with van der Waals surface area (Å²) in [5.74, 6) is 1.13. The van der Waals surface area contributed by atoms with Crippen LogP contribution in [0.3, 0.4) is 0 Å². The number of ether oxygens (including phenoxy) is 1. The lowest BCUT2D eigenvalue weighted by Crippen LogP contribution is -2.20. The van der Waals surface area contributed by atoms with Crippen LogP contribution in [0.2, 0.25) is 0 Å². The van der Waals surface area contributed by atoms with Crippen molar-refractivity contribution in [2.45, 2.75) is 25.7 Å².